The molecular weight excluding hydrogens is 211 g/mol. The Bertz CT molecular complexity index is 323. The van der Waals surface area contributed by atoms with Crippen LogP contribution in [0.5, 0.6) is 0 Å². The summed E-state index contributed by atoms with van der Waals surface area (Å²) >= 11 is 1.52. The molecule has 1 nitrogen and oxygen atoms in total. The van der Waals surface area contributed by atoms with Gasteiger partial charge in [0.1, 0.15) is 5.82 Å². The van der Waals surface area contributed by atoms with Gasteiger partial charge in [0.25, 0.3) is 0 Å². The molecule has 1 aromatic rings. The first kappa shape index (κ1) is 12.5. The lowest BCUT2D eigenvalue weighted by Crippen LogP contribution is -1.95. The Morgan fingerprint density at radius 3 is 2.47 bits per heavy atom. The zero-order valence-corrected chi connectivity index (χ0v) is 10.1. The quantitative estimate of drug-likeness (QED) is 0.794. The molecule has 0 aliphatic heterocycles. The van der Waals surface area contributed by atoms with Gasteiger partial charge in [0.15, 0.2) is 0 Å². The molecular formula is C12H17FOS. The number of rotatable bonds is 4. The van der Waals surface area contributed by atoms with Gasteiger partial charge in [0, 0.05) is 10.6 Å². The highest BCUT2D eigenvalue weighted by Crippen LogP contribution is 2.26. The van der Waals surface area contributed by atoms with E-state index in [0.29, 0.717) is 16.4 Å². The molecule has 0 amide bonds. The summed E-state index contributed by atoms with van der Waals surface area (Å²) in [7, 11) is 0. The van der Waals surface area contributed by atoms with Crippen molar-refractivity contribution < 1.29 is 9.50 Å². The van der Waals surface area contributed by atoms with Crippen molar-refractivity contribution in [2.75, 3.05) is 5.75 Å². The Hall–Kier alpha value is -0.540. The van der Waals surface area contributed by atoms with E-state index < -0.39 is 6.10 Å². The van der Waals surface area contributed by atoms with Gasteiger partial charge in [0.2, 0.25) is 0 Å². The molecule has 0 radical (unpaired) electrons. The SMILES string of the molecule is CC(C)CSc1ccc(C(C)O)cc1F. The minimum Gasteiger partial charge on any atom is -0.389 e. The van der Waals surface area contributed by atoms with Crippen LogP contribution in [-0.4, -0.2) is 10.9 Å². The fourth-order valence-electron chi connectivity index (χ4n) is 1.15. The van der Waals surface area contributed by atoms with Crippen LogP contribution in [0.25, 0.3) is 0 Å². The maximum absolute atomic E-state index is 13.5. The standard InChI is InChI=1S/C12H17FOS/c1-8(2)7-15-12-5-4-10(9(3)14)6-11(12)13/h4-6,8-9,14H,7H2,1-3H3. The van der Waals surface area contributed by atoms with Crippen molar-refractivity contribution in [2.45, 2.75) is 31.8 Å². The lowest BCUT2D eigenvalue weighted by molar-refractivity contribution is 0.198. The van der Waals surface area contributed by atoms with Crippen molar-refractivity contribution in [2.24, 2.45) is 5.92 Å². The van der Waals surface area contributed by atoms with Crippen LogP contribution < -0.4 is 0 Å². The molecule has 1 aromatic carbocycles. The molecule has 1 N–H and O–H groups in total. The zero-order valence-electron chi connectivity index (χ0n) is 9.33. The summed E-state index contributed by atoms with van der Waals surface area (Å²) in [6, 6.07) is 4.92. The minimum absolute atomic E-state index is 0.237. The van der Waals surface area contributed by atoms with E-state index in [1.807, 2.05) is 0 Å². The van der Waals surface area contributed by atoms with Crippen LogP contribution in [0.4, 0.5) is 4.39 Å². The second-order valence-corrected chi connectivity index (χ2v) is 5.13. The number of aliphatic hydroxyl groups is 1. The minimum atomic E-state index is -0.608. The molecule has 0 fully saturated rings. The van der Waals surface area contributed by atoms with Gasteiger partial charge in [-0.15, -0.1) is 11.8 Å². The average Bonchev–Trinajstić information content (AvgIpc) is 2.15. The van der Waals surface area contributed by atoms with E-state index in [9.17, 15) is 9.50 Å². The lowest BCUT2D eigenvalue weighted by atomic mass is 10.1. The topological polar surface area (TPSA) is 20.2 Å². The van der Waals surface area contributed by atoms with Crippen LogP contribution in [-0.2, 0) is 0 Å². The second-order valence-electron chi connectivity index (χ2n) is 4.07. The summed E-state index contributed by atoms with van der Waals surface area (Å²) in [5.74, 6) is 1.22. The van der Waals surface area contributed by atoms with Gasteiger partial charge >= 0.3 is 0 Å². The lowest BCUT2D eigenvalue weighted by Gasteiger charge is -2.09. The van der Waals surface area contributed by atoms with Gasteiger partial charge < -0.3 is 5.11 Å². The Balaban J connectivity index is 2.75. The van der Waals surface area contributed by atoms with Crippen LogP contribution in [0.2, 0.25) is 0 Å². The molecule has 0 saturated heterocycles. The second kappa shape index (κ2) is 5.52. The Kier molecular flexibility index (Phi) is 4.61. The Morgan fingerprint density at radius 1 is 1.33 bits per heavy atom. The fourth-order valence-corrected chi connectivity index (χ4v) is 2.02. The number of thioether (sulfide) groups is 1. The predicted molar refractivity (Wildman–Crippen MR) is 62.6 cm³/mol. The molecule has 1 atom stereocenters. The van der Waals surface area contributed by atoms with Crippen LogP contribution in [0.1, 0.15) is 32.4 Å². The van der Waals surface area contributed by atoms with Crippen molar-refractivity contribution in [3.8, 4) is 0 Å². The fraction of sp³-hybridized carbons (Fsp3) is 0.500. The molecule has 0 bridgehead atoms. The van der Waals surface area contributed by atoms with Crippen molar-refractivity contribution >= 4 is 11.8 Å². The van der Waals surface area contributed by atoms with Gasteiger partial charge in [-0.05, 0) is 30.5 Å². The highest BCUT2D eigenvalue weighted by Gasteiger charge is 2.07. The first-order valence-electron chi connectivity index (χ1n) is 5.11. The van der Waals surface area contributed by atoms with Crippen LogP contribution >= 0.6 is 11.8 Å². The smallest absolute Gasteiger partial charge is 0.137 e. The third kappa shape index (κ3) is 3.84. The van der Waals surface area contributed by atoms with E-state index in [0.717, 1.165) is 5.75 Å². The molecule has 15 heavy (non-hydrogen) atoms. The highest BCUT2D eigenvalue weighted by molar-refractivity contribution is 7.99. The summed E-state index contributed by atoms with van der Waals surface area (Å²) in [4.78, 5) is 0.660. The highest BCUT2D eigenvalue weighted by atomic mass is 32.2. The Labute approximate surface area is 94.7 Å². The number of aliphatic hydroxyl groups excluding tert-OH is 1. The van der Waals surface area contributed by atoms with E-state index in [2.05, 4.69) is 13.8 Å². The van der Waals surface area contributed by atoms with Gasteiger partial charge in [-0.2, -0.15) is 0 Å². The number of hydrogen-bond donors (Lipinski definition) is 1. The van der Waals surface area contributed by atoms with Gasteiger partial charge in [-0.25, -0.2) is 4.39 Å². The van der Waals surface area contributed by atoms with E-state index in [1.165, 1.54) is 17.8 Å². The van der Waals surface area contributed by atoms with E-state index in [-0.39, 0.29) is 5.82 Å². The molecule has 0 aromatic heterocycles. The van der Waals surface area contributed by atoms with Crippen molar-refractivity contribution in [3.63, 3.8) is 0 Å². The van der Waals surface area contributed by atoms with Crippen LogP contribution in [0, 0.1) is 11.7 Å². The van der Waals surface area contributed by atoms with E-state index in [4.69, 9.17) is 0 Å². The molecule has 0 spiro atoms. The normalized spacial score (nSPS) is 13.2. The first-order chi connectivity index (χ1) is 7.00. The summed E-state index contributed by atoms with van der Waals surface area (Å²) in [6.07, 6.45) is -0.608. The van der Waals surface area contributed by atoms with Crippen molar-refractivity contribution in [1.82, 2.24) is 0 Å². The van der Waals surface area contributed by atoms with Gasteiger partial charge in [-0.3, -0.25) is 0 Å². The van der Waals surface area contributed by atoms with Crippen molar-refractivity contribution in [1.29, 1.82) is 0 Å². The average molecular weight is 228 g/mol. The van der Waals surface area contributed by atoms with Gasteiger partial charge in [0.05, 0.1) is 6.10 Å². The summed E-state index contributed by atoms with van der Waals surface area (Å²) in [5.41, 5.74) is 0.626. The summed E-state index contributed by atoms with van der Waals surface area (Å²) < 4.78 is 13.5. The molecule has 0 aliphatic carbocycles. The molecule has 3 heteroatoms. The molecule has 0 saturated carbocycles. The Morgan fingerprint density at radius 2 is 2.00 bits per heavy atom. The zero-order chi connectivity index (χ0) is 11.4. The third-order valence-electron chi connectivity index (χ3n) is 2.01. The molecule has 0 aliphatic rings. The first-order valence-corrected chi connectivity index (χ1v) is 6.09. The van der Waals surface area contributed by atoms with E-state index in [1.54, 1.807) is 19.1 Å². The number of halogens is 1. The largest absolute Gasteiger partial charge is 0.389 e. The summed E-state index contributed by atoms with van der Waals surface area (Å²) in [5, 5.41) is 9.28. The maximum Gasteiger partial charge on any atom is 0.137 e. The van der Waals surface area contributed by atoms with E-state index >= 15 is 0 Å². The predicted octanol–water partition coefficient (Wildman–Crippen LogP) is 3.63. The van der Waals surface area contributed by atoms with Crippen LogP contribution in [0.3, 0.4) is 0 Å². The molecule has 0 heterocycles. The van der Waals surface area contributed by atoms with Crippen molar-refractivity contribution in [3.05, 3.63) is 29.6 Å². The van der Waals surface area contributed by atoms with Crippen LogP contribution in [0.15, 0.2) is 23.1 Å². The number of hydrogen-bond acceptors (Lipinski definition) is 2. The molecule has 84 valence electrons. The van der Waals surface area contributed by atoms with Gasteiger partial charge in [-0.1, -0.05) is 19.9 Å². The summed E-state index contributed by atoms with van der Waals surface area (Å²) in [6.45, 7) is 5.85. The maximum atomic E-state index is 13.5. The third-order valence-corrected chi connectivity index (χ3v) is 3.49. The number of benzene rings is 1. The molecule has 1 rings (SSSR count). The molecule has 1 unspecified atom stereocenters. The monoisotopic (exact) mass is 228 g/mol.